The number of ether oxygens (including phenoxy) is 1. The number of carbonyl (C=O) groups is 1. The zero-order valence-electron chi connectivity index (χ0n) is 11.9. The molecule has 0 bridgehead atoms. The van der Waals surface area contributed by atoms with Crippen molar-refractivity contribution in [3.63, 3.8) is 0 Å². The number of nitrogens with zero attached hydrogens (tertiary/aromatic N) is 2. The van der Waals surface area contributed by atoms with Gasteiger partial charge in [-0.1, -0.05) is 29.5 Å². The van der Waals surface area contributed by atoms with Crippen LogP contribution in [0.2, 0.25) is 0 Å². The molecule has 0 radical (unpaired) electrons. The molecule has 3 aromatic rings. The van der Waals surface area contributed by atoms with Gasteiger partial charge < -0.3 is 9.64 Å². The number of thiazole rings is 1. The number of benzene rings is 2. The molecule has 2 heterocycles. The number of hydrogen-bond acceptors (Lipinski definition) is 4. The van der Waals surface area contributed by atoms with E-state index in [0.29, 0.717) is 17.4 Å². The third-order valence-corrected chi connectivity index (χ3v) is 4.60. The first kappa shape index (κ1) is 13.3. The second-order valence-electron chi connectivity index (χ2n) is 5.20. The summed E-state index contributed by atoms with van der Waals surface area (Å²) in [5, 5.41) is 0.617. The molecule has 0 atom stereocenters. The van der Waals surface area contributed by atoms with Gasteiger partial charge in [-0.3, -0.25) is 4.79 Å². The summed E-state index contributed by atoms with van der Waals surface area (Å²) >= 11 is 1.52. The normalized spacial score (nSPS) is 14.7. The molecule has 1 amide bonds. The van der Waals surface area contributed by atoms with Gasteiger partial charge in [-0.25, -0.2) is 4.98 Å². The van der Waals surface area contributed by atoms with E-state index in [2.05, 4.69) is 4.98 Å². The van der Waals surface area contributed by atoms with Crippen molar-refractivity contribution in [2.45, 2.75) is 12.8 Å². The highest BCUT2D eigenvalue weighted by Gasteiger charge is 2.21. The van der Waals surface area contributed by atoms with Gasteiger partial charge in [-0.15, -0.1) is 0 Å². The number of fused-ring (bicyclic) bond motifs is 1. The van der Waals surface area contributed by atoms with Crippen LogP contribution in [0.4, 0.5) is 5.69 Å². The SMILES string of the molecule is O=C1CCCN1c1cccc(Oc2nc3ccccc3s2)c1. The smallest absolute Gasteiger partial charge is 0.279 e. The average Bonchev–Trinajstić information content (AvgIpc) is 3.12. The van der Waals surface area contributed by atoms with E-state index in [1.54, 1.807) is 0 Å². The first-order valence-electron chi connectivity index (χ1n) is 7.23. The number of aromatic nitrogens is 1. The van der Waals surface area contributed by atoms with E-state index in [1.807, 2.05) is 53.4 Å². The molecule has 0 spiro atoms. The van der Waals surface area contributed by atoms with Crippen LogP contribution in [-0.4, -0.2) is 17.4 Å². The number of carbonyl (C=O) groups excluding carboxylic acids is 1. The molecule has 0 N–H and O–H groups in total. The van der Waals surface area contributed by atoms with Gasteiger partial charge in [0.1, 0.15) is 5.75 Å². The Balaban J connectivity index is 1.61. The zero-order valence-corrected chi connectivity index (χ0v) is 12.7. The van der Waals surface area contributed by atoms with E-state index >= 15 is 0 Å². The standard InChI is InChI=1S/C17H14N2O2S/c20-16-9-4-10-19(16)12-5-3-6-13(11-12)21-17-18-14-7-1-2-8-15(14)22-17/h1-3,5-8,11H,4,9-10H2. The molecule has 0 unspecified atom stereocenters. The fourth-order valence-electron chi connectivity index (χ4n) is 2.63. The summed E-state index contributed by atoms with van der Waals surface area (Å²) in [7, 11) is 0. The molecule has 2 aromatic carbocycles. The molecule has 22 heavy (non-hydrogen) atoms. The number of amides is 1. The van der Waals surface area contributed by atoms with E-state index in [0.717, 1.165) is 28.9 Å². The number of hydrogen-bond donors (Lipinski definition) is 0. The predicted molar refractivity (Wildman–Crippen MR) is 87.7 cm³/mol. The van der Waals surface area contributed by atoms with Crippen molar-refractivity contribution in [1.29, 1.82) is 0 Å². The lowest BCUT2D eigenvalue weighted by atomic mass is 10.3. The summed E-state index contributed by atoms with van der Waals surface area (Å²) in [6.45, 7) is 0.781. The van der Waals surface area contributed by atoms with Crippen molar-refractivity contribution in [3.05, 3.63) is 48.5 Å². The fraction of sp³-hybridized carbons (Fsp3) is 0.176. The second kappa shape index (κ2) is 5.42. The van der Waals surface area contributed by atoms with Gasteiger partial charge in [0.2, 0.25) is 5.91 Å². The van der Waals surface area contributed by atoms with Gasteiger partial charge in [0.25, 0.3) is 5.19 Å². The molecule has 110 valence electrons. The van der Waals surface area contributed by atoms with Gasteiger partial charge in [-0.05, 0) is 30.7 Å². The van der Waals surface area contributed by atoms with Crippen LogP contribution in [0.3, 0.4) is 0 Å². The number of para-hydroxylation sites is 1. The van der Waals surface area contributed by atoms with Gasteiger partial charge in [0.15, 0.2) is 0 Å². The average molecular weight is 310 g/mol. The topological polar surface area (TPSA) is 42.4 Å². The lowest BCUT2D eigenvalue weighted by Gasteiger charge is -2.16. The van der Waals surface area contributed by atoms with E-state index in [4.69, 9.17) is 4.74 Å². The van der Waals surface area contributed by atoms with Crippen LogP contribution in [0.15, 0.2) is 48.5 Å². The number of anilines is 1. The second-order valence-corrected chi connectivity index (χ2v) is 6.19. The van der Waals surface area contributed by atoms with Crippen LogP contribution in [0.5, 0.6) is 10.9 Å². The quantitative estimate of drug-likeness (QED) is 0.727. The Bertz CT molecular complexity index is 810. The summed E-state index contributed by atoms with van der Waals surface area (Å²) in [5.41, 5.74) is 1.83. The van der Waals surface area contributed by atoms with Gasteiger partial charge in [0, 0.05) is 24.7 Å². The van der Waals surface area contributed by atoms with E-state index < -0.39 is 0 Å². The molecular weight excluding hydrogens is 296 g/mol. The number of rotatable bonds is 3. The summed E-state index contributed by atoms with van der Waals surface area (Å²) in [4.78, 5) is 18.1. The molecule has 0 aliphatic carbocycles. The minimum Gasteiger partial charge on any atom is -0.431 e. The third-order valence-electron chi connectivity index (χ3n) is 3.68. The molecule has 0 saturated carbocycles. The van der Waals surface area contributed by atoms with Crippen molar-refractivity contribution in [2.75, 3.05) is 11.4 Å². The first-order valence-corrected chi connectivity index (χ1v) is 8.05. The highest BCUT2D eigenvalue weighted by atomic mass is 32.1. The van der Waals surface area contributed by atoms with Crippen LogP contribution in [-0.2, 0) is 4.79 Å². The van der Waals surface area contributed by atoms with Crippen LogP contribution >= 0.6 is 11.3 Å². The Morgan fingerprint density at radius 3 is 2.86 bits per heavy atom. The van der Waals surface area contributed by atoms with Crippen LogP contribution in [0, 0.1) is 0 Å². The minimum atomic E-state index is 0.178. The Morgan fingerprint density at radius 1 is 1.14 bits per heavy atom. The van der Waals surface area contributed by atoms with E-state index in [9.17, 15) is 4.79 Å². The maximum atomic E-state index is 11.8. The minimum absolute atomic E-state index is 0.178. The predicted octanol–water partition coefficient (Wildman–Crippen LogP) is 4.22. The Labute approximate surface area is 132 Å². The fourth-order valence-corrected chi connectivity index (χ4v) is 3.47. The monoisotopic (exact) mass is 310 g/mol. The lowest BCUT2D eigenvalue weighted by molar-refractivity contribution is -0.117. The molecule has 1 aliphatic heterocycles. The van der Waals surface area contributed by atoms with Crippen molar-refractivity contribution >= 4 is 33.1 Å². The van der Waals surface area contributed by atoms with E-state index in [1.165, 1.54) is 11.3 Å². The summed E-state index contributed by atoms with van der Waals surface area (Å²) in [6, 6.07) is 15.6. The zero-order chi connectivity index (χ0) is 14.9. The molecule has 1 saturated heterocycles. The van der Waals surface area contributed by atoms with Gasteiger partial charge >= 0.3 is 0 Å². The molecule has 4 rings (SSSR count). The molecule has 4 nitrogen and oxygen atoms in total. The molecular formula is C17H14N2O2S. The van der Waals surface area contributed by atoms with Crippen molar-refractivity contribution < 1.29 is 9.53 Å². The molecule has 1 aliphatic rings. The van der Waals surface area contributed by atoms with Crippen LogP contribution in [0.1, 0.15) is 12.8 Å². The van der Waals surface area contributed by atoms with Gasteiger partial charge in [0.05, 0.1) is 10.2 Å². The summed E-state index contributed by atoms with van der Waals surface area (Å²) in [5.74, 6) is 0.883. The highest BCUT2D eigenvalue weighted by molar-refractivity contribution is 7.20. The Kier molecular flexibility index (Phi) is 3.27. The van der Waals surface area contributed by atoms with Gasteiger partial charge in [-0.2, -0.15) is 0 Å². The maximum absolute atomic E-state index is 11.8. The molecule has 5 heteroatoms. The largest absolute Gasteiger partial charge is 0.431 e. The first-order chi connectivity index (χ1) is 10.8. The van der Waals surface area contributed by atoms with E-state index in [-0.39, 0.29) is 5.91 Å². The lowest BCUT2D eigenvalue weighted by Crippen LogP contribution is -2.23. The molecule has 1 aromatic heterocycles. The van der Waals surface area contributed by atoms with Crippen LogP contribution in [0.25, 0.3) is 10.2 Å². The highest BCUT2D eigenvalue weighted by Crippen LogP contribution is 2.33. The van der Waals surface area contributed by atoms with Crippen molar-refractivity contribution in [1.82, 2.24) is 4.98 Å². The van der Waals surface area contributed by atoms with Crippen molar-refractivity contribution in [2.24, 2.45) is 0 Å². The third kappa shape index (κ3) is 2.44. The maximum Gasteiger partial charge on any atom is 0.279 e. The summed E-state index contributed by atoms with van der Waals surface area (Å²) in [6.07, 6.45) is 1.55. The summed E-state index contributed by atoms with van der Waals surface area (Å²) < 4.78 is 6.97. The van der Waals surface area contributed by atoms with Crippen molar-refractivity contribution in [3.8, 4) is 10.9 Å². The Morgan fingerprint density at radius 2 is 2.05 bits per heavy atom. The van der Waals surface area contributed by atoms with Crippen LogP contribution < -0.4 is 9.64 Å². The Hall–Kier alpha value is -2.40. The molecule has 1 fully saturated rings.